The average Bonchev–Trinajstić information content (AvgIpc) is 3.15. The van der Waals surface area contributed by atoms with E-state index in [4.69, 9.17) is 9.72 Å². The van der Waals surface area contributed by atoms with Gasteiger partial charge in [-0.2, -0.15) is 0 Å². The Labute approximate surface area is 177 Å². The third-order valence-electron chi connectivity index (χ3n) is 8.36. The van der Waals surface area contributed by atoms with Gasteiger partial charge in [0, 0.05) is 24.8 Å². The van der Waals surface area contributed by atoms with Crippen molar-refractivity contribution in [1.82, 2.24) is 15.3 Å². The molecular formula is C23H32N4O3. The van der Waals surface area contributed by atoms with Gasteiger partial charge in [-0.15, -0.1) is 0 Å². The molecule has 1 aliphatic heterocycles. The van der Waals surface area contributed by atoms with Crippen molar-refractivity contribution in [3.63, 3.8) is 0 Å². The minimum atomic E-state index is -0.477. The minimum absolute atomic E-state index is 0.0305. The standard InChI is InChI=1S/C23H32N4O3/c28-21(26-19-15-6-13-7-16(19)10-23(29,8-13)9-15)18-11-24-22(25-17-4-5-30-12-17)27-20(18)14-2-1-3-14/h11,13-17,19,29H,1-10,12H2,(H,26,28)(H,24,25,27)/t13?,15?,16?,17-,19-,23+/m1/s1. The van der Waals surface area contributed by atoms with E-state index in [1.54, 1.807) is 6.20 Å². The molecule has 6 fully saturated rings. The smallest absolute Gasteiger partial charge is 0.254 e. The number of nitrogens with zero attached hydrogens (tertiary/aromatic N) is 2. The van der Waals surface area contributed by atoms with Crippen LogP contribution in [0.3, 0.4) is 0 Å². The third kappa shape index (κ3) is 3.30. The predicted octanol–water partition coefficient (Wildman–Crippen LogP) is 2.61. The Kier molecular flexibility index (Phi) is 4.53. The molecule has 3 N–H and O–H groups in total. The Morgan fingerprint density at radius 3 is 2.60 bits per heavy atom. The zero-order valence-electron chi connectivity index (χ0n) is 17.5. The summed E-state index contributed by atoms with van der Waals surface area (Å²) in [5, 5.41) is 17.6. The van der Waals surface area contributed by atoms with Gasteiger partial charge < -0.3 is 20.5 Å². The van der Waals surface area contributed by atoms with E-state index in [0.29, 0.717) is 41.8 Å². The summed E-state index contributed by atoms with van der Waals surface area (Å²) in [4.78, 5) is 22.6. The predicted molar refractivity (Wildman–Crippen MR) is 111 cm³/mol. The maximum Gasteiger partial charge on any atom is 0.254 e. The molecule has 7 heteroatoms. The second kappa shape index (κ2) is 7.16. The minimum Gasteiger partial charge on any atom is -0.390 e. The first-order valence-electron chi connectivity index (χ1n) is 11.8. The zero-order chi connectivity index (χ0) is 20.3. The lowest BCUT2D eigenvalue weighted by molar-refractivity contribution is -0.136. The first-order chi connectivity index (χ1) is 14.6. The number of amides is 1. The van der Waals surface area contributed by atoms with E-state index in [-0.39, 0.29) is 18.0 Å². The summed E-state index contributed by atoms with van der Waals surface area (Å²) in [6, 6.07) is 0.426. The third-order valence-corrected chi connectivity index (χ3v) is 8.36. The Morgan fingerprint density at radius 1 is 1.17 bits per heavy atom. The molecule has 5 aliphatic carbocycles. The second-order valence-corrected chi connectivity index (χ2v) is 10.5. The van der Waals surface area contributed by atoms with Gasteiger partial charge in [-0.3, -0.25) is 4.79 Å². The van der Waals surface area contributed by atoms with E-state index < -0.39 is 5.60 Å². The number of carbonyl (C=O) groups excluding carboxylic acids is 1. The number of rotatable bonds is 5. The lowest BCUT2D eigenvalue weighted by atomic mass is 9.52. The SMILES string of the molecule is O=C(N[C@H]1C2CC3CC1C[C@@](O)(C3)C2)c1cnc(N[C@@H]2CCOC2)nc1C1CCC1. The van der Waals surface area contributed by atoms with Gasteiger partial charge in [-0.05, 0) is 69.1 Å². The van der Waals surface area contributed by atoms with Crippen LogP contribution in [0.1, 0.15) is 79.8 Å². The summed E-state index contributed by atoms with van der Waals surface area (Å²) in [5.74, 6) is 2.38. The van der Waals surface area contributed by atoms with Gasteiger partial charge in [0.1, 0.15) is 0 Å². The van der Waals surface area contributed by atoms with Gasteiger partial charge >= 0.3 is 0 Å². The number of aromatic nitrogens is 2. The van der Waals surface area contributed by atoms with Crippen molar-refractivity contribution in [3.8, 4) is 0 Å². The molecule has 1 aromatic rings. The van der Waals surface area contributed by atoms with E-state index in [1.165, 1.54) is 6.42 Å². The molecular weight excluding hydrogens is 380 g/mol. The summed E-state index contributed by atoms with van der Waals surface area (Å²) >= 11 is 0. The highest BCUT2D eigenvalue weighted by atomic mass is 16.5. The van der Waals surface area contributed by atoms with Gasteiger partial charge in [0.25, 0.3) is 5.91 Å². The molecule has 7 rings (SSSR count). The molecule has 3 atom stereocenters. The van der Waals surface area contributed by atoms with E-state index in [0.717, 1.165) is 63.7 Å². The monoisotopic (exact) mass is 412 g/mol. The molecule has 7 nitrogen and oxygen atoms in total. The zero-order valence-corrected chi connectivity index (χ0v) is 17.5. The van der Waals surface area contributed by atoms with Crippen LogP contribution in [0, 0.1) is 17.8 Å². The molecule has 4 bridgehead atoms. The van der Waals surface area contributed by atoms with Crippen molar-refractivity contribution in [2.24, 2.45) is 17.8 Å². The van der Waals surface area contributed by atoms with E-state index in [9.17, 15) is 9.90 Å². The van der Waals surface area contributed by atoms with Crippen molar-refractivity contribution >= 4 is 11.9 Å². The van der Waals surface area contributed by atoms with Crippen LogP contribution < -0.4 is 10.6 Å². The van der Waals surface area contributed by atoms with Crippen LogP contribution in [0.2, 0.25) is 0 Å². The molecule has 6 aliphatic rings. The Morgan fingerprint density at radius 2 is 1.97 bits per heavy atom. The highest BCUT2D eigenvalue weighted by Gasteiger charge is 2.55. The molecule has 1 aromatic heterocycles. The summed E-state index contributed by atoms with van der Waals surface area (Å²) in [6.45, 7) is 1.45. The molecule has 162 valence electrons. The largest absolute Gasteiger partial charge is 0.390 e. The van der Waals surface area contributed by atoms with Gasteiger partial charge in [-0.1, -0.05) is 6.42 Å². The van der Waals surface area contributed by atoms with Gasteiger partial charge in [0.05, 0.1) is 29.5 Å². The fourth-order valence-corrected chi connectivity index (χ4v) is 6.91. The summed E-state index contributed by atoms with van der Waals surface area (Å²) < 4.78 is 5.44. The molecule has 1 amide bonds. The lowest BCUT2D eigenvalue weighted by Crippen LogP contribution is -2.61. The second-order valence-electron chi connectivity index (χ2n) is 10.5. The van der Waals surface area contributed by atoms with E-state index in [2.05, 4.69) is 15.6 Å². The fraction of sp³-hybridized carbons (Fsp3) is 0.783. The van der Waals surface area contributed by atoms with Crippen molar-refractivity contribution < 1.29 is 14.6 Å². The van der Waals surface area contributed by atoms with Crippen molar-refractivity contribution in [2.45, 2.75) is 81.4 Å². The van der Waals surface area contributed by atoms with Gasteiger partial charge in [0.2, 0.25) is 5.95 Å². The molecule has 0 radical (unpaired) electrons. The molecule has 2 heterocycles. The average molecular weight is 413 g/mol. The Hall–Kier alpha value is -1.73. The van der Waals surface area contributed by atoms with E-state index in [1.807, 2.05) is 0 Å². The molecule has 30 heavy (non-hydrogen) atoms. The lowest BCUT2D eigenvalue weighted by Gasteiger charge is -2.58. The van der Waals surface area contributed by atoms with Crippen LogP contribution in [-0.4, -0.2) is 51.9 Å². The highest BCUT2D eigenvalue weighted by molar-refractivity contribution is 5.95. The Bertz CT molecular complexity index is 820. The first kappa shape index (κ1) is 19.0. The van der Waals surface area contributed by atoms with E-state index >= 15 is 0 Å². The van der Waals surface area contributed by atoms with Crippen LogP contribution in [0.25, 0.3) is 0 Å². The summed E-state index contributed by atoms with van der Waals surface area (Å²) in [6.07, 6.45) is 11.0. The fourth-order valence-electron chi connectivity index (χ4n) is 6.91. The first-order valence-corrected chi connectivity index (χ1v) is 11.8. The molecule has 1 saturated heterocycles. The van der Waals surface area contributed by atoms with Crippen LogP contribution in [-0.2, 0) is 4.74 Å². The van der Waals surface area contributed by atoms with Crippen LogP contribution >= 0.6 is 0 Å². The van der Waals surface area contributed by atoms with Crippen molar-refractivity contribution in [2.75, 3.05) is 18.5 Å². The van der Waals surface area contributed by atoms with Crippen LogP contribution in [0.5, 0.6) is 0 Å². The molecule has 2 unspecified atom stereocenters. The van der Waals surface area contributed by atoms with Crippen LogP contribution in [0.15, 0.2) is 6.20 Å². The number of ether oxygens (including phenoxy) is 1. The number of nitrogens with one attached hydrogen (secondary N) is 2. The van der Waals surface area contributed by atoms with Gasteiger partial charge in [0.15, 0.2) is 0 Å². The summed E-state index contributed by atoms with van der Waals surface area (Å²) in [5.41, 5.74) is 1.06. The van der Waals surface area contributed by atoms with Crippen LogP contribution in [0.4, 0.5) is 5.95 Å². The normalized spacial score (nSPS) is 39.7. The maximum absolute atomic E-state index is 13.3. The molecule has 0 spiro atoms. The number of anilines is 1. The Balaban J connectivity index is 1.21. The number of hydrogen-bond donors (Lipinski definition) is 3. The topological polar surface area (TPSA) is 96.4 Å². The van der Waals surface area contributed by atoms with Crippen molar-refractivity contribution in [3.05, 3.63) is 17.5 Å². The number of carbonyl (C=O) groups is 1. The molecule has 5 saturated carbocycles. The quantitative estimate of drug-likeness (QED) is 0.688. The molecule has 0 aromatic carbocycles. The van der Waals surface area contributed by atoms with Gasteiger partial charge in [-0.25, -0.2) is 9.97 Å². The van der Waals surface area contributed by atoms with Crippen molar-refractivity contribution in [1.29, 1.82) is 0 Å². The summed E-state index contributed by atoms with van der Waals surface area (Å²) in [7, 11) is 0. The number of aliphatic hydroxyl groups is 1. The maximum atomic E-state index is 13.3. The highest BCUT2D eigenvalue weighted by Crippen LogP contribution is 2.55. The number of hydrogen-bond acceptors (Lipinski definition) is 6.